The summed E-state index contributed by atoms with van der Waals surface area (Å²) in [6.45, 7) is 0. The van der Waals surface area contributed by atoms with E-state index < -0.39 is 10.0 Å². The summed E-state index contributed by atoms with van der Waals surface area (Å²) in [5.41, 5.74) is 3.14. The lowest BCUT2D eigenvalue weighted by Crippen LogP contribution is -2.29. The van der Waals surface area contributed by atoms with Gasteiger partial charge in [0, 0.05) is 27.2 Å². The fourth-order valence-electron chi connectivity index (χ4n) is 4.96. The van der Waals surface area contributed by atoms with Gasteiger partial charge in [-0.2, -0.15) is 0 Å². The molecular weight excluding hydrogens is 507 g/mol. The minimum absolute atomic E-state index is 0.0262. The van der Waals surface area contributed by atoms with Crippen LogP contribution in [0.1, 0.15) is 29.5 Å². The molecule has 0 aromatic heterocycles. The minimum atomic E-state index is -3.85. The lowest BCUT2D eigenvalue weighted by atomic mass is 9.77. The molecule has 2 aliphatic rings. The summed E-state index contributed by atoms with van der Waals surface area (Å²) in [5, 5.41) is 4.33. The molecule has 0 amide bonds. The number of rotatable bonds is 6. The highest BCUT2D eigenvalue weighted by Gasteiger charge is 2.39. The number of methoxy groups -OCH3 is 2. The van der Waals surface area contributed by atoms with E-state index in [0.717, 1.165) is 34.7 Å². The van der Waals surface area contributed by atoms with Gasteiger partial charge in [-0.15, -0.1) is 0 Å². The molecule has 9 heteroatoms. The molecule has 1 heterocycles. The Kier molecular flexibility index (Phi) is 6.34. The quantitative estimate of drug-likeness (QED) is 0.349. The maximum atomic E-state index is 13.2. The van der Waals surface area contributed by atoms with Crippen LogP contribution < -0.4 is 19.5 Å². The average Bonchev–Trinajstić information content (AvgIpc) is 3.32. The van der Waals surface area contributed by atoms with E-state index in [1.807, 2.05) is 24.3 Å². The van der Waals surface area contributed by atoms with Crippen molar-refractivity contribution in [2.24, 2.45) is 5.92 Å². The van der Waals surface area contributed by atoms with Crippen LogP contribution in [0.3, 0.4) is 0 Å². The van der Waals surface area contributed by atoms with Crippen LogP contribution in [-0.2, 0) is 10.0 Å². The number of ether oxygens (including phenoxy) is 2. The van der Waals surface area contributed by atoms with E-state index in [1.54, 1.807) is 32.4 Å². The van der Waals surface area contributed by atoms with Gasteiger partial charge in [-0.3, -0.25) is 4.72 Å². The van der Waals surface area contributed by atoms with Gasteiger partial charge in [-0.05, 0) is 72.5 Å². The molecule has 35 heavy (non-hydrogen) atoms. The van der Waals surface area contributed by atoms with Gasteiger partial charge in [0.1, 0.15) is 11.5 Å². The van der Waals surface area contributed by atoms with E-state index in [1.165, 1.54) is 12.1 Å². The average molecular weight is 531 g/mol. The van der Waals surface area contributed by atoms with Crippen molar-refractivity contribution < 1.29 is 17.9 Å². The van der Waals surface area contributed by atoms with Gasteiger partial charge in [0.25, 0.3) is 10.0 Å². The van der Waals surface area contributed by atoms with Crippen molar-refractivity contribution >= 4 is 44.6 Å². The summed E-state index contributed by atoms with van der Waals surface area (Å²) in [7, 11) is -0.552. The molecule has 0 unspecified atom stereocenters. The number of sulfonamides is 1. The smallest absolute Gasteiger partial charge is 0.261 e. The van der Waals surface area contributed by atoms with E-state index in [-0.39, 0.29) is 22.8 Å². The monoisotopic (exact) mass is 530 g/mol. The first-order valence-electron chi connectivity index (χ1n) is 11.1. The van der Waals surface area contributed by atoms with Crippen molar-refractivity contribution in [3.63, 3.8) is 0 Å². The molecule has 0 radical (unpaired) electrons. The fourth-order valence-corrected chi connectivity index (χ4v) is 6.56. The maximum Gasteiger partial charge on any atom is 0.261 e. The Morgan fingerprint density at radius 3 is 2.43 bits per heavy atom. The van der Waals surface area contributed by atoms with Crippen LogP contribution in [0, 0.1) is 5.92 Å². The summed E-state index contributed by atoms with van der Waals surface area (Å²) >= 11 is 12.1. The van der Waals surface area contributed by atoms with E-state index in [4.69, 9.17) is 32.7 Å². The predicted octanol–water partition coefficient (Wildman–Crippen LogP) is 6.64. The van der Waals surface area contributed by atoms with Gasteiger partial charge >= 0.3 is 0 Å². The molecular formula is C26H24Cl2N2O4S. The molecule has 1 aliphatic carbocycles. The van der Waals surface area contributed by atoms with E-state index >= 15 is 0 Å². The van der Waals surface area contributed by atoms with Crippen LogP contribution in [0.25, 0.3) is 0 Å². The van der Waals surface area contributed by atoms with Crippen LogP contribution >= 0.6 is 23.2 Å². The molecule has 3 aromatic rings. The summed E-state index contributed by atoms with van der Waals surface area (Å²) in [4.78, 5) is 0.172. The second-order valence-corrected chi connectivity index (χ2v) is 11.2. The van der Waals surface area contributed by atoms with Crippen LogP contribution in [0.2, 0.25) is 10.0 Å². The van der Waals surface area contributed by atoms with Crippen LogP contribution in [-0.4, -0.2) is 22.6 Å². The number of nitrogens with one attached hydrogen (secondary N) is 2. The number of anilines is 2. The van der Waals surface area contributed by atoms with Crippen molar-refractivity contribution in [2.45, 2.75) is 23.3 Å². The first-order valence-corrected chi connectivity index (χ1v) is 13.3. The minimum Gasteiger partial charge on any atom is -0.497 e. The van der Waals surface area contributed by atoms with E-state index in [9.17, 15) is 8.42 Å². The third-order valence-corrected chi connectivity index (χ3v) is 8.35. The molecule has 0 saturated carbocycles. The van der Waals surface area contributed by atoms with Crippen molar-refractivity contribution in [2.75, 3.05) is 24.3 Å². The normalized spacial score (nSPS) is 20.5. The lowest BCUT2D eigenvalue weighted by molar-refractivity contribution is 0.374. The molecule has 6 nitrogen and oxygen atoms in total. The Bertz CT molecular complexity index is 1400. The van der Waals surface area contributed by atoms with Crippen molar-refractivity contribution in [1.29, 1.82) is 0 Å². The summed E-state index contributed by atoms with van der Waals surface area (Å²) in [6, 6.07) is 15.5. The van der Waals surface area contributed by atoms with Crippen LogP contribution in [0.15, 0.2) is 71.6 Å². The molecule has 0 saturated heterocycles. The highest BCUT2D eigenvalue weighted by Crippen LogP contribution is 2.52. The molecule has 5 rings (SSSR count). The van der Waals surface area contributed by atoms with Crippen LogP contribution in [0.5, 0.6) is 11.5 Å². The zero-order valence-electron chi connectivity index (χ0n) is 19.1. The van der Waals surface area contributed by atoms with Gasteiger partial charge in [0.2, 0.25) is 0 Å². The van der Waals surface area contributed by atoms with Gasteiger partial charge in [-0.1, -0.05) is 35.4 Å². The lowest BCUT2D eigenvalue weighted by Gasteiger charge is -2.38. The second kappa shape index (κ2) is 9.30. The first kappa shape index (κ1) is 23.9. The SMILES string of the molecule is COc1ccc(OC)c([C@H]2Nc3ccc(S(=O)(=O)Nc4cc(Cl)cc(Cl)c4)cc3[C@H]3C=CC[C@H]32)c1. The zero-order chi connectivity index (χ0) is 24.7. The zero-order valence-corrected chi connectivity index (χ0v) is 21.4. The van der Waals surface area contributed by atoms with Crippen molar-refractivity contribution in [3.05, 3.63) is 87.9 Å². The van der Waals surface area contributed by atoms with E-state index in [0.29, 0.717) is 15.7 Å². The molecule has 3 aromatic carbocycles. The Morgan fingerprint density at radius 1 is 0.943 bits per heavy atom. The summed E-state index contributed by atoms with van der Waals surface area (Å²) in [6.07, 6.45) is 5.17. The Balaban J connectivity index is 1.51. The second-order valence-electron chi connectivity index (χ2n) is 8.60. The predicted molar refractivity (Wildman–Crippen MR) is 140 cm³/mol. The van der Waals surface area contributed by atoms with Gasteiger partial charge in [-0.25, -0.2) is 8.42 Å². The van der Waals surface area contributed by atoms with Gasteiger partial charge < -0.3 is 14.8 Å². The molecule has 3 atom stereocenters. The number of fused-ring (bicyclic) bond motifs is 3. The molecule has 1 aliphatic heterocycles. The van der Waals surface area contributed by atoms with Crippen molar-refractivity contribution in [1.82, 2.24) is 0 Å². The fraction of sp³-hybridized carbons (Fsp3) is 0.231. The van der Waals surface area contributed by atoms with Gasteiger partial charge in [0.05, 0.1) is 30.8 Å². The largest absolute Gasteiger partial charge is 0.497 e. The topological polar surface area (TPSA) is 76.7 Å². The third kappa shape index (κ3) is 4.56. The molecule has 0 bridgehead atoms. The number of halogens is 2. The first-order chi connectivity index (χ1) is 16.8. The number of allylic oxidation sites excluding steroid dienone is 2. The Morgan fingerprint density at radius 2 is 1.71 bits per heavy atom. The number of hydrogen-bond acceptors (Lipinski definition) is 5. The summed E-state index contributed by atoms with van der Waals surface area (Å²) in [5.74, 6) is 1.79. The third-order valence-electron chi connectivity index (χ3n) is 6.53. The maximum absolute atomic E-state index is 13.2. The van der Waals surface area contributed by atoms with E-state index in [2.05, 4.69) is 22.2 Å². The molecule has 0 fully saturated rings. The number of benzene rings is 3. The Labute approximate surface area is 214 Å². The highest BCUT2D eigenvalue weighted by molar-refractivity contribution is 7.92. The standard InChI is InChI=1S/C26H24Cl2N2O4S/c1-33-18-6-9-25(34-2)23(13-18)26-21-5-3-4-20(21)22-14-19(7-8-24(22)29-26)35(31,32)30-17-11-15(27)10-16(28)12-17/h3-4,6-14,20-21,26,29-30H,5H2,1-2H3/t20-,21+,26-/m0/s1. The van der Waals surface area contributed by atoms with Gasteiger partial charge in [0.15, 0.2) is 0 Å². The highest BCUT2D eigenvalue weighted by atomic mass is 35.5. The molecule has 182 valence electrons. The molecule has 0 spiro atoms. The molecule has 2 N–H and O–H groups in total. The van der Waals surface area contributed by atoms with Crippen molar-refractivity contribution in [3.8, 4) is 11.5 Å². The summed E-state index contributed by atoms with van der Waals surface area (Å²) < 4.78 is 40.0. The van der Waals surface area contributed by atoms with Crippen LogP contribution in [0.4, 0.5) is 11.4 Å². The number of hydrogen-bond donors (Lipinski definition) is 2. The Hall–Kier alpha value is -2.87.